The molecule has 4 aromatic rings. The van der Waals surface area contributed by atoms with Crippen molar-refractivity contribution < 1.29 is 38.2 Å². The third-order valence-electron chi connectivity index (χ3n) is 11.3. The van der Waals surface area contributed by atoms with Gasteiger partial charge < -0.3 is 29.6 Å². The number of urea groups is 1. The second kappa shape index (κ2) is 19.4. The topological polar surface area (TPSA) is 180 Å². The largest absolute Gasteiger partial charge is 0.469 e. The molecule has 14 nitrogen and oxygen atoms in total. The summed E-state index contributed by atoms with van der Waals surface area (Å²) in [7, 11) is 2.60. The molecule has 3 aromatic carbocycles. The van der Waals surface area contributed by atoms with Crippen molar-refractivity contribution in [1.29, 1.82) is 0 Å². The molecule has 2 saturated heterocycles. The number of H-pyrrole nitrogens is 1. The van der Waals surface area contributed by atoms with Gasteiger partial charge in [-0.3, -0.25) is 29.3 Å². The lowest BCUT2D eigenvalue weighted by molar-refractivity contribution is -0.148. The summed E-state index contributed by atoms with van der Waals surface area (Å²) in [5.74, 6) is -2.47. The minimum absolute atomic E-state index is 0.0122. The lowest BCUT2D eigenvalue weighted by atomic mass is 9.91. The van der Waals surface area contributed by atoms with Crippen LogP contribution in [-0.2, 0) is 40.0 Å². The van der Waals surface area contributed by atoms with E-state index < -0.39 is 41.8 Å². The predicted molar refractivity (Wildman–Crippen MR) is 219 cm³/mol. The molecular weight excluding hydrogens is 753 g/mol. The molecule has 14 heteroatoms. The zero-order chi connectivity index (χ0) is 42.1. The van der Waals surface area contributed by atoms with Crippen LogP contribution in [0, 0.1) is 11.8 Å². The molecule has 310 valence electrons. The Morgan fingerprint density at radius 3 is 2.03 bits per heavy atom. The van der Waals surface area contributed by atoms with E-state index in [4.69, 9.17) is 9.47 Å². The van der Waals surface area contributed by atoms with E-state index in [2.05, 4.69) is 20.6 Å². The molecule has 0 unspecified atom stereocenters. The maximum absolute atomic E-state index is 13.7. The number of nitrogens with one attached hydrogen (secondary N) is 3. The summed E-state index contributed by atoms with van der Waals surface area (Å²) in [6, 6.07) is 23.0. The molecule has 0 spiro atoms. The van der Waals surface area contributed by atoms with Crippen molar-refractivity contribution in [2.75, 3.05) is 27.3 Å². The van der Waals surface area contributed by atoms with E-state index in [-0.39, 0.29) is 43.2 Å². The third kappa shape index (κ3) is 10.2. The molecule has 1 aromatic heterocycles. The highest BCUT2D eigenvalue weighted by atomic mass is 16.5. The number of ether oxygens (including phenoxy) is 2. The van der Waals surface area contributed by atoms with Crippen molar-refractivity contribution >= 4 is 35.7 Å². The van der Waals surface area contributed by atoms with Crippen LogP contribution < -0.4 is 10.6 Å². The number of imide groups is 1. The van der Waals surface area contributed by atoms with Gasteiger partial charge in [0, 0.05) is 19.6 Å². The first-order chi connectivity index (χ1) is 28.5. The maximum atomic E-state index is 13.7. The first kappa shape index (κ1) is 42.3. The molecular formula is C45H52N6O8. The van der Waals surface area contributed by atoms with E-state index >= 15 is 0 Å². The van der Waals surface area contributed by atoms with Gasteiger partial charge in [-0.25, -0.2) is 9.78 Å². The van der Waals surface area contributed by atoms with Gasteiger partial charge in [0.1, 0.15) is 11.9 Å². The summed E-state index contributed by atoms with van der Waals surface area (Å²) in [4.78, 5) is 88.9. The summed E-state index contributed by atoms with van der Waals surface area (Å²) in [5, 5.41) is 5.12. The van der Waals surface area contributed by atoms with Crippen LogP contribution in [0.2, 0.25) is 0 Å². The molecule has 6 rings (SSSR count). The third-order valence-corrected chi connectivity index (χ3v) is 11.3. The van der Waals surface area contributed by atoms with Crippen molar-refractivity contribution in [2.24, 2.45) is 11.8 Å². The number of aromatic nitrogens is 2. The fourth-order valence-corrected chi connectivity index (χ4v) is 7.92. The van der Waals surface area contributed by atoms with Crippen LogP contribution >= 0.6 is 0 Å². The van der Waals surface area contributed by atoms with Gasteiger partial charge in [0.2, 0.25) is 11.8 Å². The number of rotatable bonds is 14. The molecule has 0 bridgehead atoms. The first-order valence-corrected chi connectivity index (χ1v) is 20.1. The van der Waals surface area contributed by atoms with E-state index in [1.807, 2.05) is 73.3 Å². The van der Waals surface area contributed by atoms with Gasteiger partial charge >= 0.3 is 18.0 Å². The molecule has 2 aliphatic rings. The Balaban J connectivity index is 1.01. The van der Waals surface area contributed by atoms with Gasteiger partial charge in [0.05, 0.1) is 56.8 Å². The zero-order valence-electron chi connectivity index (χ0n) is 33.9. The van der Waals surface area contributed by atoms with Crippen molar-refractivity contribution in [2.45, 2.75) is 76.9 Å². The average molecular weight is 805 g/mol. The molecule has 0 aliphatic carbocycles. The Bertz CT molecular complexity index is 2120. The lowest BCUT2D eigenvalue weighted by Gasteiger charge is -2.29. The van der Waals surface area contributed by atoms with E-state index in [1.165, 1.54) is 19.1 Å². The van der Waals surface area contributed by atoms with E-state index in [9.17, 15) is 28.8 Å². The first-order valence-electron chi connectivity index (χ1n) is 20.1. The number of carbonyl (C=O) groups is 6. The van der Waals surface area contributed by atoms with Gasteiger partial charge in [-0.1, -0.05) is 92.7 Å². The maximum Gasteiger partial charge on any atom is 0.321 e. The Kier molecular flexibility index (Phi) is 13.9. The number of hydrogen-bond acceptors (Lipinski definition) is 9. The summed E-state index contributed by atoms with van der Waals surface area (Å²) < 4.78 is 9.68. The Morgan fingerprint density at radius 2 is 1.37 bits per heavy atom. The minimum atomic E-state index is -0.838. The van der Waals surface area contributed by atoms with Crippen LogP contribution in [0.15, 0.2) is 85.1 Å². The molecule has 0 radical (unpaired) electrons. The standard InChI is InChI=1S/C45H52N6O8/c1-28(2)34(24-39(52)58-3)43(55)50-22-8-12-37(50)41-46-27-36(48-41)33-20-18-31(19-21-33)30-16-14-29(15-17-30)26-47-45(57)49-42(54)38-13-9-23-51(38)44(56)35(25-40(53)59-4)32-10-6-5-7-11-32/h5-7,10-11,14-21,27-28,34-35,37-38H,8-9,12-13,22-26H2,1-4H3,(H,46,48)(H2,47,49,54,57)/t34-,35+,37-,38-/m0/s1. The molecule has 2 aliphatic heterocycles. The smallest absolute Gasteiger partial charge is 0.321 e. The highest BCUT2D eigenvalue weighted by molar-refractivity contribution is 6.00. The fraction of sp³-hybridized carbons (Fsp3) is 0.400. The van der Waals surface area contributed by atoms with Crippen LogP contribution in [0.25, 0.3) is 22.4 Å². The van der Waals surface area contributed by atoms with Gasteiger partial charge in [-0.2, -0.15) is 0 Å². The second-order valence-corrected chi connectivity index (χ2v) is 15.4. The summed E-state index contributed by atoms with van der Waals surface area (Å²) in [5.41, 5.74) is 5.22. The van der Waals surface area contributed by atoms with Crippen LogP contribution in [0.1, 0.15) is 81.3 Å². The normalized spacial score (nSPS) is 17.3. The van der Waals surface area contributed by atoms with Gasteiger partial charge in [0.25, 0.3) is 5.91 Å². The van der Waals surface area contributed by atoms with E-state index in [0.29, 0.717) is 31.5 Å². The highest BCUT2D eigenvalue weighted by Crippen LogP contribution is 2.35. The van der Waals surface area contributed by atoms with Crippen molar-refractivity contribution in [3.63, 3.8) is 0 Å². The van der Waals surface area contributed by atoms with Crippen molar-refractivity contribution in [3.8, 4) is 22.4 Å². The molecule has 4 atom stereocenters. The average Bonchev–Trinajstić information content (AvgIpc) is 4.06. The van der Waals surface area contributed by atoms with Gasteiger partial charge in [-0.05, 0) is 59.4 Å². The predicted octanol–water partition coefficient (Wildman–Crippen LogP) is 5.91. The van der Waals surface area contributed by atoms with Crippen LogP contribution in [0.4, 0.5) is 4.79 Å². The molecule has 59 heavy (non-hydrogen) atoms. The summed E-state index contributed by atoms with van der Waals surface area (Å²) in [6.45, 7) is 5.02. The number of nitrogens with zero attached hydrogens (tertiary/aromatic N) is 3. The van der Waals surface area contributed by atoms with Crippen molar-refractivity contribution in [1.82, 2.24) is 30.4 Å². The van der Waals surface area contributed by atoms with Crippen molar-refractivity contribution in [3.05, 3.63) is 102 Å². The number of benzene rings is 3. The SMILES string of the molecule is COC(=O)C[C@H](C(=O)N1CCC[C@H]1c1ncc(-c2ccc(-c3ccc(CNC(=O)NC(=O)[C@@H]4CCCN4C(=O)[C@H](CC(=O)OC)c4ccccc4)cc3)cc2)[nH]1)C(C)C. The number of amides is 5. The van der Waals surface area contributed by atoms with E-state index in [1.54, 1.807) is 30.5 Å². The summed E-state index contributed by atoms with van der Waals surface area (Å²) >= 11 is 0. The molecule has 2 fully saturated rings. The quantitative estimate of drug-likeness (QED) is 0.131. The van der Waals surface area contributed by atoms with Crippen LogP contribution in [-0.4, -0.2) is 88.8 Å². The number of methoxy groups -OCH3 is 2. The monoisotopic (exact) mass is 804 g/mol. The van der Waals surface area contributed by atoms with Crippen LogP contribution in [0.5, 0.6) is 0 Å². The number of hydrogen-bond donors (Lipinski definition) is 3. The second-order valence-electron chi connectivity index (χ2n) is 15.4. The fourth-order valence-electron chi connectivity index (χ4n) is 7.92. The lowest BCUT2D eigenvalue weighted by Crippen LogP contribution is -2.51. The Morgan fingerprint density at radius 1 is 0.763 bits per heavy atom. The van der Waals surface area contributed by atoms with Gasteiger partial charge in [0.15, 0.2) is 0 Å². The number of esters is 2. The Labute approximate surface area is 344 Å². The summed E-state index contributed by atoms with van der Waals surface area (Å²) in [6.07, 6.45) is 4.30. The molecule has 5 amide bonds. The number of imidazole rings is 1. The zero-order valence-corrected chi connectivity index (χ0v) is 33.9. The molecule has 3 heterocycles. The Hall–Kier alpha value is -6.31. The van der Waals surface area contributed by atoms with E-state index in [0.717, 1.165) is 46.6 Å². The molecule has 3 N–H and O–H groups in total. The number of likely N-dealkylation sites (tertiary alicyclic amines) is 2. The molecule has 0 saturated carbocycles. The number of aromatic amines is 1. The van der Waals surface area contributed by atoms with Gasteiger partial charge in [-0.15, -0.1) is 0 Å². The minimum Gasteiger partial charge on any atom is -0.469 e. The highest BCUT2D eigenvalue weighted by Gasteiger charge is 2.40. The number of carbonyl (C=O) groups excluding carboxylic acids is 6. The van der Waals surface area contributed by atoms with Crippen LogP contribution in [0.3, 0.4) is 0 Å².